The lowest BCUT2D eigenvalue weighted by atomic mass is 10.9. The lowest BCUT2D eigenvalue weighted by Gasteiger charge is -1.84. The zero-order chi connectivity index (χ0) is 4.85. The van der Waals surface area contributed by atoms with Crippen molar-refractivity contribution >= 4 is 6.03 Å². The molecule has 1 saturated heterocycles. The Morgan fingerprint density at radius 3 is 2.86 bits per heavy atom. The topological polar surface area (TPSA) is 35.1 Å². The van der Waals surface area contributed by atoms with Crippen molar-refractivity contribution in [1.82, 2.24) is 15.6 Å². The fraction of sp³-hybridized carbons (Fsp3) is 0. The molecule has 2 rings (SSSR count). The minimum atomic E-state index is 0.0162. The number of amides is 2. The molecule has 0 atom stereocenters. The first-order valence-corrected chi connectivity index (χ1v) is 1.96. The normalized spacial score (nSPS) is 22.6. The predicted molar refractivity (Wildman–Crippen MR) is 21.3 cm³/mol. The monoisotopic (exact) mass is 97.0 g/mol. The number of hydrogen-bond donors (Lipinski definition) is 1. The zero-order valence-electron chi connectivity index (χ0n) is 3.46. The lowest BCUT2D eigenvalue weighted by molar-refractivity contribution is 0.254. The van der Waals surface area contributed by atoms with Crippen molar-refractivity contribution in [2.75, 3.05) is 0 Å². The number of nitrogens with zero attached hydrogens (tertiary/aromatic N) is 2. The number of carbonyl (C=O) groups excluding carboxylic acids is 1. The predicted octanol–water partition coefficient (Wildman–Crippen LogP) is -0.372. The summed E-state index contributed by atoms with van der Waals surface area (Å²) in [6.45, 7) is 0. The molecule has 0 saturated carbocycles. The van der Waals surface area contributed by atoms with E-state index in [-0.39, 0.29) is 6.03 Å². The second kappa shape index (κ2) is 0.598. The third kappa shape index (κ3) is 0.173. The first-order valence-electron chi connectivity index (χ1n) is 1.96. The van der Waals surface area contributed by atoms with Gasteiger partial charge >= 0.3 is 6.03 Å². The molecule has 4 nitrogen and oxygen atoms in total. The summed E-state index contributed by atoms with van der Waals surface area (Å²) in [5, 5.41) is 2.88. The number of urea groups is 1. The van der Waals surface area contributed by atoms with Crippen LogP contribution in [0.25, 0.3) is 0 Å². The van der Waals surface area contributed by atoms with Crippen LogP contribution < -0.4 is 5.43 Å². The molecular formula is C3H3N3O. The third-order valence-corrected chi connectivity index (χ3v) is 0.966. The van der Waals surface area contributed by atoms with Crippen molar-refractivity contribution in [3.05, 3.63) is 12.4 Å². The van der Waals surface area contributed by atoms with Crippen molar-refractivity contribution in [3.8, 4) is 0 Å². The first kappa shape index (κ1) is 2.90. The molecule has 1 N–H and O–H groups in total. The van der Waals surface area contributed by atoms with Crippen LogP contribution in [0.1, 0.15) is 0 Å². The Labute approximate surface area is 39.9 Å². The summed E-state index contributed by atoms with van der Waals surface area (Å²) in [6.07, 6.45) is 3.36. The Bertz CT molecular complexity index is 152. The summed E-state index contributed by atoms with van der Waals surface area (Å²) in [4.78, 5) is 10.2. The van der Waals surface area contributed by atoms with Gasteiger partial charge in [-0.15, -0.1) is 5.12 Å². The van der Waals surface area contributed by atoms with Crippen LogP contribution in [0.5, 0.6) is 0 Å². The molecule has 0 bridgehead atoms. The fourth-order valence-corrected chi connectivity index (χ4v) is 0.564. The number of fused-ring (bicyclic) bond motifs is 1. The first-order chi connectivity index (χ1) is 3.39. The lowest BCUT2D eigenvalue weighted by Crippen LogP contribution is -2.11. The van der Waals surface area contributed by atoms with Gasteiger partial charge in [-0.1, -0.05) is 0 Å². The molecular weight excluding hydrogens is 94.1 g/mol. The average Bonchev–Trinajstić information content (AvgIpc) is 2.26. The van der Waals surface area contributed by atoms with Crippen molar-refractivity contribution in [2.24, 2.45) is 0 Å². The largest absolute Gasteiger partial charge is 0.383 e. The maximum atomic E-state index is 10.2. The van der Waals surface area contributed by atoms with Crippen LogP contribution in [0.4, 0.5) is 4.79 Å². The molecule has 36 valence electrons. The summed E-state index contributed by atoms with van der Waals surface area (Å²) in [5.74, 6) is 0. The van der Waals surface area contributed by atoms with Gasteiger partial charge in [-0.25, -0.2) is 4.79 Å². The Morgan fingerprint density at radius 1 is 1.71 bits per heavy atom. The standard InChI is InChI=1S/C3H3N3O/c7-3-5-2-1-4-6(3)5/h1-2,4H. The smallest absolute Gasteiger partial charge is 0.280 e. The van der Waals surface area contributed by atoms with E-state index in [9.17, 15) is 4.79 Å². The van der Waals surface area contributed by atoms with Gasteiger partial charge in [0.15, 0.2) is 0 Å². The van der Waals surface area contributed by atoms with E-state index in [0.29, 0.717) is 0 Å². The summed E-state index contributed by atoms with van der Waals surface area (Å²) >= 11 is 0. The van der Waals surface area contributed by atoms with E-state index in [1.165, 1.54) is 10.1 Å². The number of rotatable bonds is 0. The number of carbonyl (C=O) groups is 1. The van der Waals surface area contributed by atoms with Crippen molar-refractivity contribution in [3.63, 3.8) is 0 Å². The summed E-state index contributed by atoms with van der Waals surface area (Å²) in [6, 6.07) is 0.0162. The molecule has 2 heterocycles. The molecule has 0 aliphatic carbocycles. The SMILES string of the molecule is O=C1N2C=CNN12. The number of nitrogens with one attached hydrogen (secondary N) is 1. The molecule has 0 radical (unpaired) electrons. The minimum absolute atomic E-state index is 0.0162. The van der Waals surface area contributed by atoms with Crippen molar-refractivity contribution in [2.45, 2.75) is 0 Å². The van der Waals surface area contributed by atoms with Crippen LogP contribution in [0.2, 0.25) is 0 Å². The van der Waals surface area contributed by atoms with Gasteiger partial charge in [0.05, 0.1) is 6.20 Å². The van der Waals surface area contributed by atoms with E-state index in [2.05, 4.69) is 5.43 Å². The molecule has 4 heteroatoms. The second-order valence-corrected chi connectivity index (χ2v) is 1.38. The van der Waals surface area contributed by atoms with Crippen LogP contribution in [-0.4, -0.2) is 16.2 Å². The van der Waals surface area contributed by atoms with Gasteiger partial charge in [-0.05, 0) is 0 Å². The van der Waals surface area contributed by atoms with Gasteiger partial charge in [0.2, 0.25) is 0 Å². The van der Waals surface area contributed by atoms with Crippen LogP contribution in [0, 0.1) is 0 Å². The van der Waals surface area contributed by atoms with Crippen molar-refractivity contribution < 1.29 is 4.79 Å². The van der Waals surface area contributed by atoms with Gasteiger partial charge in [-0.2, -0.15) is 5.01 Å². The average molecular weight is 97.1 g/mol. The van der Waals surface area contributed by atoms with E-state index in [0.717, 1.165) is 0 Å². The van der Waals surface area contributed by atoms with E-state index in [1.54, 1.807) is 12.4 Å². The molecule has 7 heavy (non-hydrogen) atoms. The van der Waals surface area contributed by atoms with Gasteiger partial charge in [-0.3, -0.25) is 5.43 Å². The molecule has 0 unspecified atom stereocenters. The molecule has 1 fully saturated rings. The van der Waals surface area contributed by atoms with Gasteiger partial charge < -0.3 is 0 Å². The molecule has 0 aromatic heterocycles. The quantitative estimate of drug-likeness (QED) is 0.418. The Hall–Kier alpha value is -1.19. The van der Waals surface area contributed by atoms with Crippen molar-refractivity contribution in [1.29, 1.82) is 0 Å². The second-order valence-electron chi connectivity index (χ2n) is 1.38. The summed E-state index contributed by atoms with van der Waals surface area (Å²) < 4.78 is 0. The van der Waals surface area contributed by atoms with Crippen LogP contribution >= 0.6 is 0 Å². The number of hydrogen-bond acceptors (Lipinski definition) is 2. The Balaban J connectivity index is 2.33. The fourth-order valence-electron chi connectivity index (χ4n) is 0.564. The number of hydrazine groups is 2. The highest BCUT2D eigenvalue weighted by Crippen LogP contribution is 2.19. The summed E-state index contributed by atoms with van der Waals surface area (Å²) in [5.41, 5.74) is 2.67. The highest BCUT2D eigenvalue weighted by atomic mass is 16.3. The molecule has 0 aromatic carbocycles. The summed E-state index contributed by atoms with van der Waals surface area (Å²) in [7, 11) is 0. The van der Waals surface area contributed by atoms with Crippen LogP contribution in [-0.2, 0) is 0 Å². The van der Waals surface area contributed by atoms with Gasteiger partial charge in [0.1, 0.15) is 0 Å². The Kier molecular flexibility index (Phi) is 0.247. The maximum absolute atomic E-state index is 10.2. The molecule has 2 aliphatic rings. The molecule has 2 aliphatic heterocycles. The van der Waals surface area contributed by atoms with E-state index in [4.69, 9.17) is 0 Å². The zero-order valence-corrected chi connectivity index (χ0v) is 3.46. The van der Waals surface area contributed by atoms with E-state index >= 15 is 0 Å². The van der Waals surface area contributed by atoms with Gasteiger partial charge in [0, 0.05) is 6.20 Å². The minimum Gasteiger partial charge on any atom is -0.280 e. The Morgan fingerprint density at radius 2 is 2.57 bits per heavy atom. The highest BCUT2D eigenvalue weighted by Gasteiger charge is 2.44. The van der Waals surface area contributed by atoms with Gasteiger partial charge in [0.25, 0.3) is 0 Å². The van der Waals surface area contributed by atoms with E-state index < -0.39 is 0 Å². The molecule has 0 spiro atoms. The highest BCUT2D eigenvalue weighted by molar-refractivity contribution is 5.87. The maximum Gasteiger partial charge on any atom is 0.383 e. The van der Waals surface area contributed by atoms with E-state index in [1.807, 2.05) is 0 Å². The molecule has 0 aromatic rings. The van der Waals surface area contributed by atoms with Crippen LogP contribution in [0.3, 0.4) is 0 Å². The molecule has 2 amide bonds. The third-order valence-electron chi connectivity index (χ3n) is 0.966. The van der Waals surface area contributed by atoms with Crippen LogP contribution in [0.15, 0.2) is 12.4 Å².